The molecule has 0 radical (unpaired) electrons. The largest absolute Gasteiger partial charge is 0.469 e. The van der Waals surface area contributed by atoms with Crippen LogP contribution in [0.4, 0.5) is 0 Å². The molecule has 3 rings (SSSR count). The molecule has 0 unspecified atom stereocenters. The van der Waals surface area contributed by atoms with Gasteiger partial charge in [-0.2, -0.15) is 0 Å². The van der Waals surface area contributed by atoms with Gasteiger partial charge in [-0.15, -0.1) is 0 Å². The molecule has 1 aliphatic heterocycles. The average molecular weight is 300 g/mol. The Morgan fingerprint density at radius 3 is 2.64 bits per heavy atom. The lowest BCUT2D eigenvalue weighted by Crippen LogP contribution is -2.41. The van der Waals surface area contributed by atoms with Crippen LogP contribution in [0.5, 0.6) is 0 Å². The molecule has 5 heteroatoms. The first-order valence-corrected chi connectivity index (χ1v) is 7.58. The van der Waals surface area contributed by atoms with Gasteiger partial charge in [0.1, 0.15) is 6.54 Å². The van der Waals surface area contributed by atoms with E-state index in [1.807, 2.05) is 46.0 Å². The smallest absolute Gasteiger partial charge is 0.308 e. The fourth-order valence-electron chi connectivity index (χ4n) is 3.06. The van der Waals surface area contributed by atoms with Crippen molar-refractivity contribution < 1.29 is 14.3 Å². The zero-order valence-electron chi connectivity index (χ0n) is 12.7. The Hall–Kier alpha value is -2.30. The van der Waals surface area contributed by atoms with E-state index >= 15 is 0 Å². The van der Waals surface area contributed by atoms with Crippen LogP contribution in [0.2, 0.25) is 0 Å². The van der Waals surface area contributed by atoms with Gasteiger partial charge in [-0.1, -0.05) is 18.2 Å². The first-order chi connectivity index (χ1) is 10.7. The van der Waals surface area contributed by atoms with E-state index in [1.165, 1.54) is 7.11 Å². The topological polar surface area (TPSA) is 51.5 Å². The summed E-state index contributed by atoms with van der Waals surface area (Å²) in [6.07, 6.45) is 3.32. The molecule has 1 fully saturated rings. The SMILES string of the molecule is COC(=O)C1CCN(C(=O)Cn2ccc3ccccc32)CC1. The van der Waals surface area contributed by atoms with Gasteiger partial charge >= 0.3 is 5.97 Å². The van der Waals surface area contributed by atoms with Gasteiger partial charge < -0.3 is 14.2 Å². The molecule has 0 saturated carbocycles. The number of likely N-dealkylation sites (tertiary alicyclic amines) is 1. The van der Waals surface area contributed by atoms with Crippen LogP contribution in [0, 0.1) is 5.92 Å². The molecule has 0 N–H and O–H groups in total. The number of nitrogens with zero attached hydrogens (tertiary/aromatic N) is 2. The van der Waals surface area contributed by atoms with Crippen LogP contribution >= 0.6 is 0 Å². The molecule has 0 atom stereocenters. The number of benzene rings is 1. The van der Waals surface area contributed by atoms with Crippen molar-refractivity contribution in [3.63, 3.8) is 0 Å². The zero-order chi connectivity index (χ0) is 15.5. The van der Waals surface area contributed by atoms with Gasteiger partial charge in [0, 0.05) is 24.8 Å². The highest BCUT2D eigenvalue weighted by atomic mass is 16.5. The number of carbonyl (C=O) groups excluding carboxylic acids is 2. The molecule has 0 aliphatic carbocycles. The lowest BCUT2D eigenvalue weighted by Gasteiger charge is -2.30. The molecule has 22 heavy (non-hydrogen) atoms. The molecular weight excluding hydrogens is 280 g/mol. The summed E-state index contributed by atoms with van der Waals surface area (Å²) in [5, 5.41) is 1.14. The van der Waals surface area contributed by atoms with Crippen molar-refractivity contribution in [2.24, 2.45) is 5.92 Å². The number of methoxy groups -OCH3 is 1. The summed E-state index contributed by atoms with van der Waals surface area (Å²) in [7, 11) is 1.41. The third-order valence-corrected chi connectivity index (χ3v) is 4.37. The van der Waals surface area contributed by atoms with Crippen LogP contribution in [-0.2, 0) is 20.9 Å². The lowest BCUT2D eigenvalue weighted by atomic mass is 9.97. The third kappa shape index (κ3) is 2.84. The van der Waals surface area contributed by atoms with Gasteiger partial charge in [0.05, 0.1) is 13.0 Å². The second-order valence-corrected chi connectivity index (χ2v) is 5.68. The number of para-hydroxylation sites is 1. The average Bonchev–Trinajstić information content (AvgIpc) is 2.97. The Morgan fingerprint density at radius 2 is 1.91 bits per heavy atom. The summed E-state index contributed by atoms with van der Waals surface area (Å²) < 4.78 is 6.75. The molecule has 1 aromatic heterocycles. The maximum Gasteiger partial charge on any atom is 0.308 e. The minimum atomic E-state index is -0.163. The lowest BCUT2D eigenvalue weighted by molar-refractivity contribution is -0.149. The molecule has 0 bridgehead atoms. The maximum atomic E-state index is 12.4. The highest BCUT2D eigenvalue weighted by Crippen LogP contribution is 2.20. The Bertz CT molecular complexity index is 684. The first-order valence-electron chi connectivity index (χ1n) is 7.58. The maximum absolute atomic E-state index is 12.4. The van der Waals surface area contributed by atoms with E-state index in [0.29, 0.717) is 32.5 Å². The van der Waals surface area contributed by atoms with E-state index in [0.717, 1.165) is 10.9 Å². The van der Waals surface area contributed by atoms with Gasteiger partial charge in [0.25, 0.3) is 0 Å². The van der Waals surface area contributed by atoms with Gasteiger partial charge in [-0.25, -0.2) is 0 Å². The van der Waals surface area contributed by atoms with Crippen molar-refractivity contribution in [3.05, 3.63) is 36.5 Å². The Kier molecular flexibility index (Phi) is 4.13. The van der Waals surface area contributed by atoms with Gasteiger partial charge in [-0.3, -0.25) is 9.59 Å². The van der Waals surface area contributed by atoms with E-state index in [2.05, 4.69) is 0 Å². The number of ether oxygens (including phenoxy) is 1. The first kappa shape index (κ1) is 14.6. The van der Waals surface area contributed by atoms with E-state index in [-0.39, 0.29) is 17.8 Å². The summed E-state index contributed by atoms with van der Waals surface area (Å²) in [4.78, 5) is 25.8. The summed E-state index contributed by atoms with van der Waals surface area (Å²) in [5.74, 6) is -0.130. The predicted octanol–water partition coefficient (Wildman–Crippen LogP) is 2.05. The van der Waals surface area contributed by atoms with Crippen molar-refractivity contribution >= 4 is 22.8 Å². The number of aromatic nitrogens is 1. The summed E-state index contributed by atoms with van der Waals surface area (Å²) in [6, 6.07) is 10.0. The summed E-state index contributed by atoms with van der Waals surface area (Å²) in [6.45, 7) is 1.59. The van der Waals surface area contributed by atoms with Crippen LogP contribution in [0.25, 0.3) is 10.9 Å². The summed E-state index contributed by atoms with van der Waals surface area (Å²) in [5.41, 5.74) is 1.07. The zero-order valence-corrected chi connectivity index (χ0v) is 12.7. The number of carbonyl (C=O) groups is 2. The number of fused-ring (bicyclic) bond motifs is 1. The minimum absolute atomic E-state index is 0.0681. The van der Waals surface area contributed by atoms with Crippen molar-refractivity contribution in [1.29, 1.82) is 0 Å². The van der Waals surface area contributed by atoms with Crippen LogP contribution < -0.4 is 0 Å². The van der Waals surface area contributed by atoms with Crippen molar-refractivity contribution in [1.82, 2.24) is 9.47 Å². The van der Waals surface area contributed by atoms with E-state index in [9.17, 15) is 9.59 Å². The van der Waals surface area contributed by atoms with Crippen LogP contribution in [0.3, 0.4) is 0 Å². The molecule has 2 aromatic rings. The molecule has 116 valence electrons. The quantitative estimate of drug-likeness (QED) is 0.815. The van der Waals surface area contributed by atoms with E-state index in [1.54, 1.807) is 0 Å². The van der Waals surface area contributed by atoms with Crippen molar-refractivity contribution in [2.75, 3.05) is 20.2 Å². The Labute approximate surface area is 129 Å². The predicted molar refractivity (Wildman–Crippen MR) is 83.3 cm³/mol. The number of esters is 1. The standard InChI is InChI=1S/C17H20N2O3/c1-22-17(21)14-7-9-18(10-8-14)16(20)12-19-11-6-13-4-2-3-5-15(13)19/h2-6,11,14H,7-10,12H2,1H3. The number of hydrogen-bond donors (Lipinski definition) is 0. The number of piperidine rings is 1. The molecule has 1 aromatic carbocycles. The molecular formula is C17H20N2O3. The molecule has 1 saturated heterocycles. The van der Waals surface area contributed by atoms with Crippen molar-refractivity contribution in [3.8, 4) is 0 Å². The van der Waals surface area contributed by atoms with Gasteiger partial charge in [0.2, 0.25) is 5.91 Å². The minimum Gasteiger partial charge on any atom is -0.469 e. The third-order valence-electron chi connectivity index (χ3n) is 4.37. The van der Waals surface area contributed by atoms with Crippen LogP contribution in [-0.4, -0.2) is 41.5 Å². The summed E-state index contributed by atoms with van der Waals surface area (Å²) >= 11 is 0. The second kappa shape index (κ2) is 6.22. The van der Waals surface area contributed by atoms with E-state index in [4.69, 9.17) is 4.74 Å². The normalized spacial score (nSPS) is 16.0. The molecule has 1 amide bonds. The molecule has 0 spiro atoms. The van der Waals surface area contributed by atoms with Gasteiger partial charge in [-0.05, 0) is 30.4 Å². The van der Waals surface area contributed by atoms with Crippen molar-refractivity contribution in [2.45, 2.75) is 19.4 Å². The number of amides is 1. The molecule has 2 heterocycles. The highest BCUT2D eigenvalue weighted by molar-refractivity contribution is 5.83. The second-order valence-electron chi connectivity index (χ2n) is 5.68. The molecule has 5 nitrogen and oxygen atoms in total. The highest BCUT2D eigenvalue weighted by Gasteiger charge is 2.27. The Balaban J connectivity index is 1.62. The number of hydrogen-bond acceptors (Lipinski definition) is 3. The van der Waals surface area contributed by atoms with Gasteiger partial charge in [0.15, 0.2) is 0 Å². The fourth-order valence-corrected chi connectivity index (χ4v) is 3.06. The monoisotopic (exact) mass is 300 g/mol. The Morgan fingerprint density at radius 1 is 1.18 bits per heavy atom. The number of rotatable bonds is 3. The van der Waals surface area contributed by atoms with Crippen LogP contribution in [0.1, 0.15) is 12.8 Å². The fraction of sp³-hybridized carbons (Fsp3) is 0.412. The van der Waals surface area contributed by atoms with Crippen LogP contribution in [0.15, 0.2) is 36.5 Å². The molecule has 1 aliphatic rings. The van der Waals surface area contributed by atoms with E-state index < -0.39 is 0 Å².